The summed E-state index contributed by atoms with van der Waals surface area (Å²) >= 11 is 0. The van der Waals surface area contributed by atoms with E-state index >= 15 is 0 Å². The number of hydrogen-bond acceptors (Lipinski definition) is 5. The van der Waals surface area contributed by atoms with E-state index < -0.39 is 6.10 Å². The Labute approximate surface area is 106 Å². The second-order valence-electron chi connectivity index (χ2n) is 3.97. The van der Waals surface area contributed by atoms with E-state index in [0.717, 1.165) is 11.3 Å². The van der Waals surface area contributed by atoms with Gasteiger partial charge in [-0.25, -0.2) is 4.79 Å². The zero-order valence-corrected chi connectivity index (χ0v) is 10.6. The highest BCUT2D eigenvalue weighted by Crippen LogP contribution is 2.17. The van der Waals surface area contributed by atoms with Gasteiger partial charge in [-0.3, -0.25) is 0 Å². The molecule has 5 heteroatoms. The zero-order chi connectivity index (χ0) is 13.5. The van der Waals surface area contributed by atoms with Crippen LogP contribution in [0.1, 0.15) is 22.8 Å². The van der Waals surface area contributed by atoms with E-state index in [9.17, 15) is 9.90 Å². The number of benzene rings is 1. The molecule has 0 bridgehead atoms. The fraction of sp³-hybridized carbons (Fsp3) is 0.462. The Bertz CT molecular complexity index is 406. The standard InChI is InChI=1S/C13H19NO4/c1-3-18-13(17)10-4-5-12(9(2)6-10)14-7-11(16)8-15/h4-6,11,14-16H,3,7-8H2,1-2H3. The molecule has 1 atom stereocenters. The first-order valence-corrected chi connectivity index (χ1v) is 5.89. The summed E-state index contributed by atoms with van der Waals surface area (Å²) < 4.78 is 4.91. The zero-order valence-electron chi connectivity index (χ0n) is 10.6. The lowest BCUT2D eigenvalue weighted by Crippen LogP contribution is -2.23. The molecule has 1 aromatic carbocycles. The van der Waals surface area contributed by atoms with E-state index in [1.54, 1.807) is 25.1 Å². The Morgan fingerprint density at radius 2 is 2.22 bits per heavy atom. The van der Waals surface area contributed by atoms with E-state index in [1.807, 2.05) is 6.92 Å². The van der Waals surface area contributed by atoms with Crippen LogP contribution >= 0.6 is 0 Å². The van der Waals surface area contributed by atoms with Gasteiger partial charge in [-0.2, -0.15) is 0 Å². The number of esters is 1. The Morgan fingerprint density at radius 3 is 2.78 bits per heavy atom. The van der Waals surface area contributed by atoms with Crippen LogP contribution in [0.25, 0.3) is 0 Å². The molecule has 0 saturated carbocycles. The summed E-state index contributed by atoms with van der Waals surface area (Å²) in [4.78, 5) is 11.5. The van der Waals surface area contributed by atoms with Crippen LogP contribution in [0.2, 0.25) is 0 Å². The minimum Gasteiger partial charge on any atom is -0.462 e. The molecule has 0 aliphatic rings. The van der Waals surface area contributed by atoms with Gasteiger partial charge in [-0.15, -0.1) is 0 Å². The average Bonchev–Trinajstić information content (AvgIpc) is 2.37. The molecule has 3 N–H and O–H groups in total. The number of rotatable bonds is 6. The maximum absolute atomic E-state index is 11.5. The van der Waals surface area contributed by atoms with Gasteiger partial charge in [0, 0.05) is 12.2 Å². The van der Waals surface area contributed by atoms with Crippen LogP contribution < -0.4 is 5.32 Å². The van der Waals surface area contributed by atoms with Crippen molar-refractivity contribution in [3.63, 3.8) is 0 Å². The molecular formula is C13H19NO4. The molecule has 0 fully saturated rings. The minimum atomic E-state index is -0.797. The predicted molar refractivity (Wildman–Crippen MR) is 68.7 cm³/mol. The van der Waals surface area contributed by atoms with Crippen molar-refractivity contribution < 1.29 is 19.7 Å². The maximum atomic E-state index is 11.5. The van der Waals surface area contributed by atoms with Gasteiger partial charge in [0.15, 0.2) is 0 Å². The summed E-state index contributed by atoms with van der Waals surface area (Å²) in [6.45, 7) is 3.94. The molecule has 1 unspecified atom stereocenters. The van der Waals surface area contributed by atoms with Crippen LogP contribution in [0.3, 0.4) is 0 Å². The quantitative estimate of drug-likeness (QED) is 0.657. The molecule has 0 radical (unpaired) electrons. The average molecular weight is 253 g/mol. The van der Waals surface area contributed by atoms with Crippen molar-refractivity contribution in [3.05, 3.63) is 29.3 Å². The van der Waals surface area contributed by atoms with Crippen molar-refractivity contribution in [1.82, 2.24) is 0 Å². The number of carbonyl (C=O) groups excluding carboxylic acids is 1. The van der Waals surface area contributed by atoms with Crippen molar-refractivity contribution in [1.29, 1.82) is 0 Å². The SMILES string of the molecule is CCOC(=O)c1ccc(NCC(O)CO)c(C)c1. The van der Waals surface area contributed by atoms with Gasteiger partial charge in [-0.05, 0) is 37.6 Å². The van der Waals surface area contributed by atoms with E-state index in [2.05, 4.69) is 5.32 Å². The van der Waals surface area contributed by atoms with E-state index in [0.29, 0.717) is 12.2 Å². The lowest BCUT2D eigenvalue weighted by molar-refractivity contribution is 0.0526. The lowest BCUT2D eigenvalue weighted by atomic mass is 10.1. The van der Waals surface area contributed by atoms with E-state index in [4.69, 9.17) is 9.84 Å². The fourth-order valence-corrected chi connectivity index (χ4v) is 1.50. The third-order valence-electron chi connectivity index (χ3n) is 2.48. The number of aliphatic hydroxyl groups excluding tert-OH is 2. The number of ether oxygens (including phenoxy) is 1. The van der Waals surface area contributed by atoms with E-state index in [-0.39, 0.29) is 19.1 Å². The molecule has 18 heavy (non-hydrogen) atoms. The van der Waals surface area contributed by atoms with Crippen molar-refractivity contribution in [2.24, 2.45) is 0 Å². The van der Waals surface area contributed by atoms with Crippen LogP contribution in [0.4, 0.5) is 5.69 Å². The molecule has 0 saturated heterocycles. The molecule has 0 heterocycles. The van der Waals surface area contributed by atoms with Gasteiger partial charge in [0.25, 0.3) is 0 Å². The molecule has 0 aliphatic heterocycles. The molecule has 0 spiro atoms. The van der Waals surface area contributed by atoms with Crippen LogP contribution in [0.5, 0.6) is 0 Å². The molecule has 100 valence electrons. The van der Waals surface area contributed by atoms with Gasteiger partial charge in [0.1, 0.15) is 0 Å². The number of carbonyl (C=O) groups is 1. The fourth-order valence-electron chi connectivity index (χ4n) is 1.50. The van der Waals surface area contributed by atoms with Crippen LogP contribution in [-0.4, -0.2) is 42.0 Å². The molecule has 0 aromatic heterocycles. The van der Waals surface area contributed by atoms with Gasteiger partial charge in [0.2, 0.25) is 0 Å². The highest BCUT2D eigenvalue weighted by molar-refractivity contribution is 5.90. The van der Waals surface area contributed by atoms with Gasteiger partial charge in [-0.1, -0.05) is 0 Å². The van der Waals surface area contributed by atoms with Crippen molar-refractivity contribution >= 4 is 11.7 Å². The summed E-state index contributed by atoms with van der Waals surface area (Å²) in [5.41, 5.74) is 2.20. The Hall–Kier alpha value is -1.59. The van der Waals surface area contributed by atoms with E-state index in [1.165, 1.54) is 0 Å². The van der Waals surface area contributed by atoms with Crippen LogP contribution in [-0.2, 0) is 4.74 Å². The highest BCUT2D eigenvalue weighted by atomic mass is 16.5. The summed E-state index contributed by atoms with van der Waals surface area (Å²) in [6, 6.07) is 5.15. The summed E-state index contributed by atoms with van der Waals surface area (Å²) in [7, 11) is 0. The first kappa shape index (κ1) is 14.5. The predicted octanol–water partition coefficient (Wildman–Crippen LogP) is 0.937. The molecule has 1 aromatic rings. The Morgan fingerprint density at radius 1 is 1.50 bits per heavy atom. The van der Waals surface area contributed by atoms with Crippen LogP contribution in [0.15, 0.2) is 18.2 Å². The smallest absolute Gasteiger partial charge is 0.338 e. The normalized spacial score (nSPS) is 12.0. The second-order valence-corrected chi connectivity index (χ2v) is 3.97. The van der Waals surface area contributed by atoms with Crippen molar-refractivity contribution in [2.45, 2.75) is 20.0 Å². The van der Waals surface area contributed by atoms with Crippen LogP contribution in [0, 0.1) is 6.92 Å². The van der Waals surface area contributed by atoms with Crippen molar-refractivity contribution in [2.75, 3.05) is 25.1 Å². The highest BCUT2D eigenvalue weighted by Gasteiger charge is 2.09. The van der Waals surface area contributed by atoms with Crippen molar-refractivity contribution in [3.8, 4) is 0 Å². The summed E-state index contributed by atoms with van der Waals surface area (Å²) in [5.74, 6) is -0.345. The number of anilines is 1. The monoisotopic (exact) mass is 253 g/mol. The second kappa shape index (κ2) is 6.98. The number of aryl methyl sites for hydroxylation is 1. The van der Waals surface area contributed by atoms with Gasteiger partial charge in [0.05, 0.1) is 24.9 Å². The number of hydrogen-bond donors (Lipinski definition) is 3. The third kappa shape index (κ3) is 4.01. The molecule has 5 nitrogen and oxygen atoms in total. The number of aliphatic hydroxyl groups is 2. The molecule has 0 amide bonds. The molecular weight excluding hydrogens is 234 g/mol. The maximum Gasteiger partial charge on any atom is 0.338 e. The first-order chi connectivity index (χ1) is 8.58. The first-order valence-electron chi connectivity index (χ1n) is 5.89. The Kier molecular flexibility index (Phi) is 5.61. The summed E-state index contributed by atoms with van der Waals surface area (Å²) in [6.07, 6.45) is -0.797. The molecule has 0 aliphatic carbocycles. The number of nitrogens with one attached hydrogen (secondary N) is 1. The largest absolute Gasteiger partial charge is 0.462 e. The van der Waals surface area contributed by atoms with Gasteiger partial charge >= 0.3 is 5.97 Å². The third-order valence-corrected chi connectivity index (χ3v) is 2.48. The minimum absolute atomic E-state index is 0.260. The van der Waals surface area contributed by atoms with Gasteiger partial charge < -0.3 is 20.3 Å². The lowest BCUT2D eigenvalue weighted by Gasteiger charge is -2.13. The molecule has 1 rings (SSSR count). The topological polar surface area (TPSA) is 78.8 Å². The summed E-state index contributed by atoms with van der Waals surface area (Å²) in [5, 5.41) is 20.9. The Balaban J connectivity index is 2.70.